The maximum Gasteiger partial charge on any atom is 0.228 e. The van der Waals surface area contributed by atoms with Gasteiger partial charge < -0.3 is 14.8 Å². The topological polar surface area (TPSA) is 51.4 Å². The minimum Gasteiger partial charge on any atom is -0.493 e. The van der Waals surface area contributed by atoms with Gasteiger partial charge in [0.1, 0.15) is 0 Å². The largest absolute Gasteiger partial charge is 0.493 e. The first-order valence-corrected chi connectivity index (χ1v) is 15.1. The van der Waals surface area contributed by atoms with E-state index in [0.717, 1.165) is 29.8 Å². The van der Waals surface area contributed by atoms with Gasteiger partial charge in [-0.25, -0.2) is 0 Å². The minimum atomic E-state index is -0.0491. The van der Waals surface area contributed by atoms with Crippen LogP contribution in [0.1, 0.15) is 87.1 Å². The second kappa shape index (κ2) is 16.9. The van der Waals surface area contributed by atoms with Gasteiger partial charge in [0.05, 0.1) is 25.0 Å². The van der Waals surface area contributed by atoms with Crippen molar-refractivity contribution >= 4 is 22.9 Å². The molecule has 0 saturated carbocycles. The molecule has 6 heteroatoms. The number of nitrogens with one attached hydrogen (secondary N) is 1. The van der Waals surface area contributed by atoms with Crippen LogP contribution < -0.4 is 19.4 Å². The Morgan fingerprint density at radius 2 is 1.63 bits per heavy atom. The molecule has 0 unspecified atom stereocenters. The zero-order valence-electron chi connectivity index (χ0n) is 23.5. The molecule has 38 heavy (non-hydrogen) atoms. The number of unbranched alkanes of at least 4 members (excludes halogenated alkanes) is 9. The Morgan fingerprint density at radius 3 is 2.32 bits per heavy atom. The maximum atomic E-state index is 12.8. The van der Waals surface area contributed by atoms with E-state index >= 15 is 0 Å². The zero-order valence-corrected chi connectivity index (χ0v) is 24.3. The zero-order chi connectivity index (χ0) is 27.0. The third kappa shape index (κ3) is 10.9. The summed E-state index contributed by atoms with van der Waals surface area (Å²) in [6, 6.07) is 13.8. The molecule has 206 valence electrons. The summed E-state index contributed by atoms with van der Waals surface area (Å²) < 4.78 is 13.7. The second-order valence-corrected chi connectivity index (χ2v) is 11.2. The molecular formula is C32H45N2O3S+. The Balaban J connectivity index is 1.42. The van der Waals surface area contributed by atoms with Gasteiger partial charge in [-0.2, -0.15) is 4.57 Å². The van der Waals surface area contributed by atoms with Gasteiger partial charge in [0, 0.05) is 11.3 Å². The van der Waals surface area contributed by atoms with Crippen molar-refractivity contribution in [3.05, 3.63) is 70.2 Å². The SMILES string of the molecule is CCCCCCCCCCCCOc1cc(CC(=O)Nc2cccc(C[n+]3csc(C)c3)c2)ccc1OC. The van der Waals surface area contributed by atoms with E-state index in [2.05, 4.69) is 41.5 Å². The normalized spacial score (nSPS) is 10.9. The molecule has 0 saturated heterocycles. The summed E-state index contributed by atoms with van der Waals surface area (Å²) in [6.07, 6.45) is 15.4. The molecular weight excluding hydrogens is 492 g/mol. The molecule has 0 radical (unpaired) electrons. The van der Waals surface area contributed by atoms with Crippen molar-refractivity contribution in [2.24, 2.45) is 0 Å². The van der Waals surface area contributed by atoms with E-state index in [4.69, 9.17) is 9.47 Å². The Labute approximate surface area is 233 Å². The highest BCUT2D eigenvalue weighted by molar-refractivity contribution is 7.09. The number of aryl methyl sites for hydroxylation is 1. The highest BCUT2D eigenvalue weighted by Crippen LogP contribution is 2.29. The minimum absolute atomic E-state index is 0.0491. The molecule has 0 aliphatic rings. The van der Waals surface area contributed by atoms with Crippen LogP contribution in [0.25, 0.3) is 0 Å². The second-order valence-electron chi connectivity index (χ2n) is 10.1. The van der Waals surface area contributed by atoms with Crippen LogP contribution in [0.5, 0.6) is 11.5 Å². The summed E-state index contributed by atoms with van der Waals surface area (Å²) in [7, 11) is 1.65. The number of benzene rings is 2. The summed E-state index contributed by atoms with van der Waals surface area (Å²) in [5, 5.41) is 3.04. The Kier molecular flexibility index (Phi) is 13.2. The first-order chi connectivity index (χ1) is 18.6. The standard InChI is InChI=1S/C32H44N2O3S/c1-4-5-6-7-8-9-10-11-12-13-19-37-31-21-27(17-18-30(31)36-3)22-32(35)33-29-16-14-15-28(20-29)24-34-23-26(2)38-25-34/h14-18,20-21,23,25H,4-13,19,22,24H2,1-3H3/p+1. The number of amides is 1. The van der Waals surface area contributed by atoms with Crippen molar-refractivity contribution < 1.29 is 18.8 Å². The fourth-order valence-electron chi connectivity index (χ4n) is 4.59. The van der Waals surface area contributed by atoms with E-state index < -0.39 is 0 Å². The van der Waals surface area contributed by atoms with Crippen molar-refractivity contribution in [2.75, 3.05) is 19.0 Å². The van der Waals surface area contributed by atoms with Crippen molar-refractivity contribution in [2.45, 2.75) is 91.0 Å². The number of ether oxygens (including phenoxy) is 2. The van der Waals surface area contributed by atoms with Gasteiger partial charge in [-0.05, 0) is 43.2 Å². The predicted molar refractivity (Wildman–Crippen MR) is 157 cm³/mol. The van der Waals surface area contributed by atoms with Crippen molar-refractivity contribution in [1.82, 2.24) is 0 Å². The molecule has 3 aromatic rings. The smallest absolute Gasteiger partial charge is 0.228 e. The first-order valence-electron chi connectivity index (χ1n) is 14.2. The lowest BCUT2D eigenvalue weighted by Gasteiger charge is -2.13. The Hall–Kier alpha value is -2.86. The van der Waals surface area contributed by atoms with Gasteiger partial charge in [0.25, 0.3) is 0 Å². The molecule has 0 aliphatic carbocycles. The number of hydrogen-bond acceptors (Lipinski definition) is 4. The number of aromatic nitrogens is 1. The predicted octanol–water partition coefficient (Wildman–Crippen LogP) is 7.88. The summed E-state index contributed by atoms with van der Waals surface area (Å²) in [6.45, 7) is 5.81. The average Bonchev–Trinajstić information content (AvgIpc) is 3.31. The lowest BCUT2D eigenvalue weighted by atomic mass is 10.1. The Bertz CT molecular complexity index is 1110. The molecule has 0 bridgehead atoms. The van der Waals surface area contributed by atoms with Crippen molar-refractivity contribution in [1.29, 1.82) is 0 Å². The number of anilines is 1. The van der Waals surface area contributed by atoms with Gasteiger partial charge in [-0.1, -0.05) is 94.2 Å². The van der Waals surface area contributed by atoms with Crippen molar-refractivity contribution in [3.8, 4) is 11.5 Å². The maximum absolute atomic E-state index is 12.8. The quantitative estimate of drug-likeness (QED) is 0.133. The summed E-state index contributed by atoms with van der Waals surface area (Å²) >= 11 is 1.73. The van der Waals surface area contributed by atoms with Crippen LogP contribution in [0.15, 0.2) is 54.2 Å². The summed E-state index contributed by atoms with van der Waals surface area (Å²) in [5.41, 5.74) is 4.98. The third-order valence-corrected chi connectivity index (χ3v) is 7.50. The van der Waals surface area contributed by atoms with Crippen LogP contribution in [0, 0.1) is 6.92 Å². The van der Waals surface area contributed by atoms with Crippen molar-refractivity contribution in [3.63, 3.8) is 0 Å². The number of hydrogen-bond donors (Lipinski definition) is 1. The summed E-state index contributed by atoms with van der Waals surface area (Å²) in [4.78, 5) is 14.1. The molecule has 0 atom stereocenters. The van der Waals surface area contributed by atoms with E-state index in [9.17, 15) is 4.79 Å². The van der Waals surface area contributed by atoms with Crippen LogP contribution in [0.2, 0.25) is 0 Å². The van der Waals surface area contributed by atoms with Gasteiger partial charge in [0.2, 0.25) is 11.4 Å². The molecule has 1 amide bonds. The molecule has 0 spiro atoms. The van der Waals surface area contributed by atoms with E-state index in [1.165, 1.54) is 62.7 Å². The molecule has 1 aromatic heterocycles. The average molecular weight is 538 g/mol. The fraction of sp³-hybridized carbons (Fsp3) is 0.500. The molecule has 2 aromatic carbocycles. The molecule has 5 nitrogen and oxygen atoms in total. The van der Waals surface area contributed by atoms with Gasteiger partial charge in [0.15, 0.2) is 24.2 Å². The van der Waals surface area contributed by atoms with E-state index in [1.54, 1.807) is 18.4 Å². The lowest BCUT2D eigenvalue weighted by Crippen LogP contribution is -2.30. The Morgan fingerprint density at radius 1 is 0.895 bits per heavy atom. The molecule has 1 N–H and O–H groups in total. The fourth-order valence-corrected chi connectivity index (χ4v) is 5.23. The van der Waals surface area contributed by atoms with Crippen LogP contribution in [-0.4, -0.2) is 19.6 Å². The highest BCUT2D eigenvalue weighted by atomic mass is 32.1. The number of thiazole rings is 1. The van der Waals surface area contributed by atoms with Crippen LogP contribution in [0.3, 0.4) is 0 Å². The van der Waals surface area contributed by atoms with Crippen LogP contribution >= 0.6 is 11.3 Å². The molecule has 3 rings (SSSR count). The van der Waals surface area contributed by atoms with Crippen LogP contribution in [0.4, 0.5) is 5.69 Å². The van der Waals surface area contributed by atoms with Gasteiger partial charge >= 0.3 is 0 Å². The molecule has 0 fully saturated rings. The number of rotatable bonds is 18. The summed E-state index contributed by atoms with van der Waals surface area (Å²) in [5.74, 6) is 1.36. The van der Waals surface area contributed by atoms with E-state index in [1.807, 2.05) is 36.4 Å². The van der Waals surface area contributed by atoms with Crippen LogP contribution in [-0.2, 0) is 17.8 Å². The molecule has 0 aliphatic heterocycles. The first kappa shape index (κ1) is 29.7. The monoisotopic (exact) mass is 537 g/mol. The highest BCUT2D eigenvalue weighted by Gasteiger charge is 2.11. The van der Waals surface area contributed by atoms with E-state index in [0.29, 0.717) is 18.1 Å². The molecule has 1 heterocycles. The number of nitrogens with zero attached hydrogens (tertiary/aromatic N) is 1. The lowest BCUT2D eigenvalue weighted by molar-refractivity contribution is -0.683. The number of carbonyl (C=O) groups excluding carboxylic acids is 1. The third-order valence-electron chi connectivity index (χ3n) is 6.65. The number of methoxy groups -OCH3 is 1. The van der Waals surface area contributed by atoms with Gasteiger partial charge in [-0.15, -0.1) is 0 Å². The number of carbonyl (C=O) groups is 1. The van der Waals surface area contributed by atoms with Gasteiger partial charge in [-0.3, -0.25) is 4.79 Å². The van der Waals surface area contributed by atoms with E-state index in [-0.39, 0.29) is 12.3 Å².